The van der Waals surface area contributed by atoms with E-state index in [1.165, 1.54) is 58.7 Å². The Balaban J connectivity index is 1.54. The van der Waals surface area contributed by atoms with Crippen molar-refractivity contribution in [2.45, 2.75) is 59.4 Å². The number of nitrogens with zero attached hydrogens (tertiary/aromatic N) is 3. The summed E-state index contributed by atoms with van der Waals surface area (Å²) in [6.07, 6.45) is 4.78. The van der Waals surface area contributed by atoms with E-state index >= 15 is 0 Å². The Kier molecular flexibility index (Phi) is 10.6. The Hall–Kier alpha value is -0.850. The maximum absolute atomic E-state index is 12.2. The zero-order valence-electron chi connectivity index (χ0n) is 18.9. The summed E-state index contributed by atoms with van der Waals surface area (Å²) in [7, 11) is 0. The van der Waals surface area contributed by atoms with Crippen molar-refractivity contribution < 1.29 is 4.79 Å². The van der Waals surface area contributed by atoms with E-state index in [0.717, 1.165) is 38.4 Å². The van der Waals surface area contributed by atoms with Crippen LogP contribution in [-0.4, -0.2) is 92.2 Å². The molecular formula is C22H45N5O. The summed E-state index contributed by atoms with van der Waals surface area (Å²) in [5.74, 6) is 1.40. The molecule has 0 bridgehead atoms. The van der Waals surface area contributed by atoms with E-state index in [-0.39, 0.29) is 6.03 Å². The zero-order chi connectivity index (χ0) is 20.4. The van der Waals surface area contributed by atoms with Gasteiger partial charge in [0.25, 0.3) is 0 Å². The van der Waals surface area contributed by atoms with E-state index in [2.05, 4.69) is 53.0 Å². The Morgan fingerprint density at radius 1 is 0.964 bits per heavy atom. The highest BCUT2D eigenvalue weighted by molar-refractivity contribution is 5.73. The molecule has 0 aromatic rings. The summed E-state index contributed by atoms with van der Waals surface area (Å²) >= 11 is 0. The predicted molar refractivity (Wildman–Crippen MR) is 118 cm³/mol. The van der Waals surface area contributed by atoms with Crippen molar-refractivity contribution in [1.82, 2.24) is 25.3 Å². The van der Waals surface area contributed by atoms with Crippen molar-refractivity contribution in [3.05, 3.63) is 0 Å². The molecule has 0 radical (unpaired) electrons. The van der Waals surface area contributed by atoms with Gasteiger partial charge in [0.2, 0.25) is 0 Å². The smallest absolute Gasteiger partial charge is 0.314 e. The van der Waals surface area contributed by atoms with E-state index in [0.29, 0.717) is 12.0 Å². The molecule has 2 rings (SSSR count). The van der Waals surface area contributed by atoms with E-state index in [4.69, 9.17) is 0 Å². The molecule has 0 aromatic carbocycles. The monoisotopic (exact) mass is 395 g/mol. The standard InChI is InChI=1S/C22H45N5O/c1-5-25-14-16-26(17-15-25)11-7-6-10-23-22(28)24-18-21(19(2)3)27-12-8-20(4)9-13-27/h19-21H,5-18H2,1-4H3,(H2,23,24,28). The minimum atomic E-state index is -0.00686. The van der Waals surface area contributed by atoms with E-state index < -0.39 is 0 Å². The van der Waals surface area contributed by atoms with Gasteiger partial charge in [-0.3, -0.25) is 4.90 Å². The summed E-state index contributed by atoms with van der Waals surface area (Å²) in [5.41, 5.74) is 0. The van der Waals surface area contributed by atoms with Gasteiger partial charge in [0.15, 0.2) is 0 Å². The molecule has 0 aliphatic carbocycles. The first-order valence-electron chi connectivity index (χ1n) is 11.7. The second-order valence-corrected chi connectivity index (χ2v) is 9.15. The molecule has 2 saturated heterocycles. The quantitative estimate of drug-likeness (QED) is 0.558. The number of piperidine rings is 1. The summed E-state index contributed by atoms with van der Waals surface area (Å²) < 4.78 is 0. The van der Waals surface area contributed by atoms with Crippen molar-refractivity contribution in [3.8, 4) is 0 Å². The number of carbonyl (C=O) groups excluding carboxylic acids is 1. The fourth-order valence-corrected chi connectivity index (χ4v) is 4.40. The minimum Gasteiger partial charge on any atom is -0.338 e. The molecule has 2 N–H and O–H groups in total. The first kappa shape index (κ1) is 23.4. The van der Waals surface area contributed by atoms with Crippen LogP contribution in [0.25, 0.3) is 0 Å². The minimum absolute atomic E-state index is 0.00686. The lowest BCUT2D eigenvalue weighted by molar-refractivity contribution is 0.108. The fraction of sp³-hybridized carbons (Fsp3) is 0.955. The van der Waals surface area contributed by atoms with Gasteiger partial charge in [0.05, 0.1) is 0 Å². The van der Waals surface area contributed by atoms with Gasteiger partial charge in [-0.15, -0.1) is 0 Å². The fourth-order valence-electron chi connectivity index (χ4n) is 4.40. The molecule has 164 valence electrons. The average molecular weight is 396 g/mol. The molecule has 2 heterocycles. The van der Waals surface area contributed by atoms with E-state index in [1.807, 2.05) is 0 Å². The topological polar surface area (TPSA) is 50.9 Å². The van der Waals surface area contributed by atoms with Gasteiger partial charge in [-0.25, -0.2) is 4.79 Å². The van der Waals surface area contributed by atoms with Crippen molar-refractivity contribution >= 4 is 6.03 Å². The van der Waals surface area contributed by atoms with Gasteiger partial charge in [-0.2, -0.15) is 0 Å². The number of urea groups is 1. The molecule has 0 aromatic heterocycles. The molecule has 6 nitrogen and oxygen atoms in total. The van der Waals surface area contributed by atoms with Crippen LogP contribution in [0.5, 0.6) is 0 Å². The number of likely N-dealkylation sites (tertiary alicyclic amines) is 1. The summed E-state index contributed by atoms with van der Waals surface area (Å²) in [6.45, 7) is 20.1. The van der Waals surface area contributed by atoms with Crippen LogP contribution in [-0.2, 0) is 0 Å². The molecule has 2 aliphatic rings. The molecular weight excluding hydrogens is 350 g/mol. The van der Waals surface area contributed by atoms with Gasteiger partial charge < -0.3 is 20.4 Å². The second kappa shape index (κ2) is 12.7. The molecule has 6 heteroatoms. The van der Waals surface area contributed by atoms with Crippen molar-refractivity contribution in [2.24, 2.45) is 11.8 Å². The average Bonchev–Trinajstić information content (AvgIpc) is 2.69. The predicted octanol–water partition coefficient (Wildman–Crippen LogP) is 2.46. The van der Waals surface area contributed by atoms with Crippen LogP contribution in [0.3, 0.4) is 0 Å². The third-order valence-corrected chi connectivity index (χ3v) is 6.63. The molecule has 2 fully saturated rings. The number of rotatable bonds is 10. The van der Waals surface area contributed by atoms with Crippen molar-refractivity contribution in [3.63, 3.8) is 0 Å². The highest BCUT2D eigenvalue weighted by atomic mass is 16.2. The Morgan fingerprint density at radius 3 is 2.21 bits per heavy atom. The number of hydrogen-bond acceptors (Lipinski definition) is 4. The summed E-state index contributed by atoms with van der Waals surface area (Å²) in [5, 5.41) is 6.16. The number of hydrogen-bond donors (Lipinski definition) is 2. The maximum Gasteiger partial charge on any atom is 0.314 e. The second-order valence-electron chi connectivity index (χ2n) is 9.15. The van der Waals surface area contributed by atoms with Gasteiger partial charge >= 0.3 is 6.03 Å². The molecule has 28 heavy (non-hydrogen) atoms. The van der Waals surface area contributed by atoms with Crippen LogP contribution in [0.1, 0.15) is 53.4 Å². The zero-order valence-corrected chi connectivity index (χ0v) is 18.9. The molecule has 2 amide bonds. The van der Waals surface area contributed by atoms with Crippen LogP contribution in [0, 0.1) is 11.8 Å². The van der Waals surface area contributed by atoms with Gasteiger partial charge in [0.1, 0.15) is 0 Å². The maximum atomic E-state index is 12.2. The summed E-state index contributed by atoms with van der Waals surface area (Å²) in [6, 6.07) is 0.438. The van der Waals surface area contributed by atoms with Gasteiger partial charge in [-0.05, 0) is 63.7 Å². The lowest BCUT2D eigenvalue weighted by Crippen LogP contribution is -2.51. The third kappa shape index (κ3) is 8.26. The first-order chi connectivity index (χ1) is 13.5. The number of nitrogens with one attached hydrogen (secondary N) is 2. The third-order valence-electron chi connectivity index (χ3n) is 6.63. The Bertz CT molecular complexity index is 429. The van der Waals surface area contributed by atoms with Crippen LogP contribution < -0.4 is 10.6 Å². The number of likely N-dealkylation sites (N-methyl/N-ethyl adjacent to an activating group) is 1. The number of carbonyl (C=O) groups is 1. The van der Waals surface area contributed by atoms with E-state index in [9.17, 15) is 4.79 Å². The molecule has 0 spiro atoms. The van der Waals surface area contributed by atoms with Crippen LogP contribution in [0.4, 0.5) is 4.79 Å². The SMILES string of the molecule is CCN1CCN(CCCCNC(=O)NCC(C(C)C)N2CCC(C)CC2)CC1. The molecule has 0 saturated carbocycles. The number of unbranched alkanes of at least 4 members (excludes halogenated alkanes) is 1. The largest absolute Gasteiger partial charge is 0.338 e. The van der Waals surface area contributed by atoms with E-state index in [1.54, 1.807) is 0 Å². The highest BCUT2D eigenvalue weighted by Crippen LogP contribution is 2.21. The summed E-state index contributed by atoms with van der Waals surface area (Å²) in [4.78, 5) is 19.8. The van der Waals surface area contributed by atoms with Gasteiger partial charge in [0, 0.05) is 45.3 Å². The first-order valence-corrected chi connectivity index (χ1v) is 11.7. The number of piperazine rings is 1. The van der Waals surface area contributed by atoms with Crippen LogP contribution in [0.2, 0.25) is 0 Å². The Labute approximate surface area is 173 Å². The van der Waals surface area contributed by atoms with Crippen molar-refractivity contribution in [2.75, 3.05) is 65.4 Å². The number of amides is 2. The van der Waals surface area contributed by atoms with Crippen molar-refractivity contribution in [1.29, 1.82) is 0 Å². The highest BCUT2D eigenvalue weighted by Gasteiger charge is 2.25. The lowest BCUT2D eigenvalue weighted by Gasteiger charge is -2.38. The normalized spacial score (nSPS) is 21.8. The molecule has 1 atom stereocenters. The van der Waals surface area contributed by atoms with Crippen LogP contribution >= 0.6 is 0 Å². The molecule has 2 aliphatic heterocycles. The van der Waals surface area contributed by atoms with Gasteiger partial charge in [-0.1, -0.05) is 27.7 Å². The van der Waals surface area contributed by atoms with Crippen LogP contribution in [0.15, 0.2) is 0 Å². The lowest BCUT2D eigenvalue weighted by atomic mass is 9.94. The molecule has 1 unspecified atom stereocenters. The Morgan fingerprint density at radius 2 is 1.61 bits per heavy atom.